The van der Waals surface area contributed by atoms with Crippen molar-refractivity contribution in [2.24, 2.45) is 11.8 Å². The first-order valence-corrected chi connectivity index (χ1v) is 10.1. The van der Waals surface area contributed by atoms with Crippen molar-refractivity contribution >= 4 is 29.1 Å². The summed E-state index contributed by atoms with van der Waals surface area (Å²) in [6.07, 6.45) is 4.15. The zero-order chi connectivity index (χ0) is 18.1. The maximum atomic E-state index is 12.8. The number of benzene rings is 1. The minimum atomic E-state index is -0.0813. The maximum Gasteiger partial charge on any atom is 0.226 e. The average Bonchev–Trinajstić information content (AvgIpc) is 3.48. The van der Waals surface area contributed by atoms with Crippen molar-refractivity contribution in [2.75, 3.05) is 44.2 Å². The molecule has 0 radical (unpaired) electrons. The van der Waals surface area contributed by atoms with Gasteiger partial charge in [0.15, 0.2) is 0 Å². The molecule has 2 aliphatic heterocycles. The summed E-state index contributed by atoms with van der Waals surface area (Å²) in [7, 11) is 0. The summed E-state index contributed by atoms with van der Waals surface area (Å²) < 4.78 is 0. The van der Waals surface area contributed by atoms with Crippen LogP contribution >= 0.6 is 11.6 Å². The van der Waals surface area contributed by atoms with Crippen LogP contribution in [0, 0.1) is 11.8 Å². The predicted octanol–water partition coefficient (Wildman–Crippen LogP) is 2.64. The van der Waals surface area contributed by atoms with E-state index in [0.29, 0.717) is 13.1 Å². The van der Waals surface area contributed by atoms with Gasteiger partial charge in [-0.3, -0.25) is 9.59 Å². The minimum Gasteiger partial charge on any atom is -0.368 e. The molecule has 1 aromatic rings. The van der Waals surface area contributed by atoms with E-state index >= 15 is 0 Å². The lowest BCUT2D eigenvalue weighted by Gasteiger charge is -2.36. The molecule has 0 N–H and O–H groups in total. The molecule has 0 aromatic heterocycles. The normalized spacial score (nSPS) is 26.0. The van der Waals surface area contributed by atoms with Gasteiger partial charge in [0.05, 0.1) is 11.8 Å². The third-order valence-corrected chi connectivity index (χ3v) is 6.09. The van der Waals surface area contributed by atoms with E-state index in [-0.39, 0.29) is 23.7 Å². The zero-order valence-electron chi connectivity index (χ0n) is 15.1. The molecule has 2 atom stereocenters. The molecule has 1 saturated carbocycles. The highest BCUT2D eigenvalue weighted by Crippen LogP contribution is 2.42. The van der Waals surface area contributed by atoms with Gasteiger partial charge in [-0.05, 0) is 43.9 Å². The number of hydrogen-bond donors (Lipinski definition) is 0. The van der Waals surface area contributed by atoms with Crippen LogP contribution in [0.2, 0.25) is 5.02 Å². The van der Waals surface area contributed by atoms with Crippen molar-refractivity contribution in [1.29, 1.82) is 0 Å². The lowest BCUT2D eigenvalue weighted by molar-refractivity contribution is -0.138. The number of piperidine rings is 1. The second-order valence-corrected chi connectivity index (χ2v) is 8.06. The molecule has 140 valence electrons. The van der Waals surface area contributed by atoms with Crippen LogP contribution in [0.4, 0.5) is 5.69 Å². The number of hydrogen-bond acceptors (Lipinski definition) is 3. The van der Waals surface area contributed by atoms with Crippen molar-refractivity contribution in [3.63, 3.8) is 0 Å². The molecular formula is C20H26ClN3O2. The molecule has 26 heavy (non-hydrogen) atoms. The van der Waals surface area contributed by atoms with Crippen molar-refractivity contribution in [3.8, 4) is 0 Å². The molecule has 5 nitrogen and oxygen atoms in total. The van der Waals surface area contributed by atoms with Crippen LogP contribution < -0.4 is 4.90 Å². The van der Waals surface area contributed by atoms with Crippen molar-refractivity contribution < 1.29 is 9.59 Å². The van der Waals surface area contributed by atoms with Crippen LogP contribution in [0.1, 0.15) is 25.7 Å². The highest BCUT2D eigenvalue weighted by Gasteiger charge is 2.51. The zero-order valence-corrected chi connectivity index (χ0v) is 15.8. The fraction of sp³-hybridized carbons (Fsp3) is 0.600. The summed E-state index contributed by atoms with van der Waals surface area (Å²) in [4.78, 5) is 31.5. The van der Waals surface area contributed by atoms with Crippen LogP contribution in [-0.2, 0) is 9.59 Å². The molecule has 1 aromatic carbocycles. The van der Waals surface area contributed by atoms with Gasteiger partial charge >= 0.3 is 0 Å². The lowest BCUT2D eigenvalue weighted by Crippen LogP contribution is -2.49. The first-order valence-electron chi connectivity index (χ1n) is 9.71. The summed E-state index contributed by atoms with van der Waals surface area (Å²) in [5.74, 6) is 0.237. The smallest absolute Gasteiger partial charge is 0.226 e. The van der Waals surface area contributed by atoms with E-state index in [4.69, 9.17) is 11.6 Å². The monoisotopic (exact) mass is 375 g/mol. The molecule has 2 amide bonds. The Bertz CT molecular complexity index is 681. The molecule has 2 saturated heterocycles. The molecule has 2 unspecified atom stereocenters. The Morgan fingerprint density at radius 2 is 1.46 bits per heavy atom. The number of halogens is 1. The van der Waals surface area contributed by atoms with Crippen LogP contribution in [-0.4, -0.2) is 60.9 Å². The molecule has 3 aliphatic rings. The van der Waals surface area contributed by atoms with Crippen molar-refractivity contribution in [2.45, 2.75) is 25.7 Å². The van der Waals surface area contributed by atoms with Gasteiger partial charge in [0.1, 0.15) is 0 Å². The van der Waals surface area contributed by atoms with Crippen LogP contribution in [0.25, 0.3) is 0 Å². The van der Waals surface area contributed by atoms with Gasteiger partial charge in [0.25, 0.3) is 0 Å². The van der Waals surface area contributed by atoms with E-state index < -0.39 is 0 Å². The predicted molar refractivity (Wildman–Crippen MR) is 102 cm³/mol. The SMILES string of the molecule is O=C(C1CC1C(=O)N1CCN(c2cccc(Cl)c2)CC1)N1CCCCC1. The summed E-state index contributed by atoms with van der Waals surface area (Å²) in [5.41, 5.74) is 1.11. The molecule has 4 rings (SSSR count). The first-order chi connectivity index (χ1) is 12.6. The summed E-state index contributed by atoms with van der Waals surface area (Å²) in [6.45, 7) is 4.79. The second kappa shape index (κ2) is 7.47. The van der Waals surface area contributed by atoms with Crippen LogP contribution in [0.15, 0.2) is 24.3 Å². The third kappa shape index (κ3) is 3.68. The number of likely N-dealkylation sites (tertiary alicyclic amines) is 1. The quantitative estimate of drug-likeness (QED) is 0.815. The molecule has 1 aliphatic carbocycles. The average molecular weight is 376 g/mol. The fourth-order valence-corrected chi connectivity index (χ4v) is 4.37. The van der Waals surface area contributed by atoms with Gasteiger partial charge < -0.3 is 14.7 Å². The van der Waals surface area contributed by atoms with Gasteiger partial charge in [-0.2, -0.15) is 0 Å². The van der Waals surface area contributed by atoms with Gasteiger partial charge in [-0.15, -0.1) is 0 Å². The number of carbonyl (C=O) groups is 2. The van der Waals surface area contributed by atoms with Crippen molar-refractivity contribution in [1.82, 2.24) is 9.80 Å². The second-order valence-electron chi connectivity index (χ2n) is 7.63. The third-order valence-electron chi connectivity index (χ3n) is 5.86. The number of nitrogens with zero attached hydrogens (tertiary/aromatic N) is 3. The topological polar surface area (TPSA) is 43.9 Å². The highest BCUT2D eigenvalue weighted by molar-refractivity contribution is 6.30. The summed E-state index contributed by atoms with van der Waals surface area (Å²) in [5, 5.41) is 0.734. The van der Waals surface area contributed by atoms with E-state index in [1.165, 1.54) is 6.42 Å². The summed E-state index contributed by atoms with van der Waals surface area (Å²) in [6, 6.07) is 7.85. The van der Waals surface area contributed by atoms with E-state index in [0.717, 1.165) is 56.2 Å². The van der Waals surface area contributed by atoms with Gasteiger partial charge in [0.2, 0.25) is 11.8 Å². The molecule has 3 fully saturated rings. The van der Waals surface area contributed by atoms with Crippen molar-refractivity contribution in [3.05, 3.63) is 29.3 Å². The van der Waals surface area contributed by atoms with E-state index in [9.17, 15) is 9.59 Å². The van der Waals surface area contributed by atoms with Gasteiger partial charge in [-0.1, -0.05) is 17.7 Å². The molecular weight excluding hydrogens is 350 g/mol. The van der Waals surface area contributed by atoms with Gasteiger partial charge in [-0.25, -0.2) is 0 Å². The summed E-state index contributed by atoms with van der Waals surface area (Å²) >= 11 is 6.08. The number of piperazine rings is 1. The first kappa shape index (κ1) is 17.7. The standard InChI is InChI=1S/C20H26ClN3O2/c21-15-5-4-6-16(13-15)22-9-11-24(12-10-22)20(26)18-14-17(18)19(25)23-7-2-1-3-8-23/h4-6,13,17-18H,1-3,7-12,14H2. The maximum absolute atomic E-state index is 12.8. The Morgan fingerprint density at radius 3 is 2.08 bits per heavy atom. The lowest BCUT2D eigenvalue weighted by atomic mass is 10.1. The Labute approximate surface area is 159 Å². The number of amides is 2. The largest absolute Gasteiger partial charge is 0.368 e. The Hall–Kier alpha value is -1.75. The van der Waals surface area contributed by atoms with Gasteiger partial charge in [0, 0.05) is 50.0 Å². The Morgan fingerprint density at radius 1 is 0.846 bits per heavy atom. The number of carbonyl (C=O) groups excluding carboxylic acids is 2. The fourth-order valence-electron chi connectivity index (χ4n) is 4.18. The minimum absolute atomic E-state index is 0.0634. The molecule has 0 bridgehead atoms. The number of rotatable bonds is 3. The highest BCUT2D eigenvalue weighted by atomic mass is 35.5. The van der Waals surface area contributed by atoms with Crippen LogP contribution in [0.5, 0.6) is 0 Å². The number of anilines is 1. The molecule has 2 heterocycles. The Balaban J connectivity index is 1.28. The molecule has 6 heteroatoms. The van der Waals surface area contributed by atoms with E-state index in [1.807, 2.05) is 28.0 Å². The van der Waals surface area contributed by atoms with Crippen LogP contribution in [0.3, 0.4) is 0 Å². The Kier molecular flexibility index (Phi) is 5.07. The van der Waals surface area contributed by atoms with E-state index in [2.05, 4.69) is 11.0 Å². The molecule has 0 spiro atoms. The van der Waals surface area contributed by atoms with E-state index in [1.54, 1.807) is 0 Å².